The van der Waals surface area contributed by atoms with Gasteiger partial charge in [-0.15, -0.1) is 5.10 Å². The van der Waals surface area contributed by atoms with Crippen molar-refractivity contribution < 1.29 is 14.5 Å². The van der Waals surface area contributed by atoms with Crippen molar-refractivity contribution in [2.45, 2.75) is 18.9 Å². The molecule has 0 amide bonds. The summed E-state index contributed by atoms with van der Waals surface area (Å²) in [7, 11) is 1.28. The second-order valence-electron chi connectivity index (χ2n) is 3.16. The van der Waals surface area contributed by atoms with Crippen molar-refractivity contribution in [3.05, 3.63) is 21.9 Å². The van der Waals surface area contributed by atoms with Crippen LogP contribution in [0.3, 0.4) is 0 Å². The third-order valence-electron chi connectivity index (χ3n) is 2.05. The quantitative estimate of drug-likeness (QED) is 0.423. The number of nitrogens with two attached hydrogens (primary N) is 1. The summed E-state index contributed by atoms with van der Waals surface area (Å²) >= 11 is 0. The zero-order valence-corrected chi connectivity index (χ0v) is 8.67. The van der Waals surface area contributed by atoms with Crippen LogP contribution in [-0.2, 0) is 9.53 Å². The molecule has 1 aromatic rings. The Balaban J connectivity index is 2.55. The molecule has 1 unspecified atom stereocenters. The molecule has 8 nitrogen and oxygen atoms in total. The number of ether oxygens (including phenoxy) is 1. The zero-order valence-electron chi connectivity index (χ0n) is 8.67. The van der Waals surface area contributed by atoms with Crippen LogP contribution in [-0.4, -0.2) is 28.2 Å². The van der Waals surface area contributed by atoms with Crippen LogP contribution in [0.5, 0.6) is 0 Å². The predicted octanol–water partition coefficient (Wildman–Crippen LogP) is 0.271. The van der Waals surface area contributed by atoms with Gasteiger partial charge in [0.15, 0.2) is 0 Å². The molecular formula is C8H12N4O4. The minimum atomic E-state index is -0.594. The number of carbonyl (C=O) groups excluding carboxylic acids is 1. The van der Waals surface area contributed by atoms with Gasteiger partial charge in [0.1, 0.15) is 5.69 Å². The lowest BCUT2D eigenvalue weighted by Crippen LogP contribution is -2.13. The topological polar surface area (TPSA) is 124 Å². The number of hydrogen-bond donors (Lipinski definition) is 2. The van der Waals surface area contributed by atoms with E-state index in [4.69, 9.17) is 5.73 Å². The Labute approximate surface area is 90.9 Å². The van der Waals surface area contributed by atoms with E-state index in [9.17, 15) is 14.9 Å². The van der Waals surface area contributed by atoms with Gasteiger partial charge in [-0.05, 0) is 11.3 Å². The largest absolute Gasteiger partial charge is 0.469 e. The lowest BCUT2D eigenvalue weighted by Gasteiger charge is -2.05. The molecule has 0 radical (unpaired) electrons. The van der Waals surface area contributed by atoms with Gasteiger partial charge in [0.2, 0.25) is 0 Å². The smallest absolute Gasteiger partial charge is 0.342 e. The molecule has 0 saturated carbocycles. The Morgan fingerprint density at radius 3 is 3.00 bits per heavy atom. The molecule has 88 valence electrons. The number of carbonyl (C=O) groups is 1. The number of nitrogens with one attached hydrogen (secondary N) is 1. The summed E-state index contributed by atoms with van der Waals surface area (Å²) in [6.07, 6.45) is 0.479. The molecule has 1 rings (SSSR count). The van der Waals surface area contributed by atoms with Gasteiger partial charge in [-0.25, -0.2) is 0 Å². The molecule has 0 aromatic carbocycles. The highest BCUT2D eigenvalue weighted by molar-refractivity contribution is 5.69. The summed E-state index contributed by atoms with van der Waals surface area (Å²) in [6, 6.07) is 0.728. The molecule has 1 aromatic heterocycles. The second kappa shape index (κ2) is 5.21. The summed E-state index contributed by atoms with van der Waals surface area (Å²) in [5.41, 5.74) is 6.06. The number of esters is 1. The number of nitro groups is 1. The van der Waals surface area contributed by atoms with Gasteiger partial charge in [0.25, 0.3) is 0 Å². The summed E-state index contributed by atoms with van der Waals surface area (Å²) in [5.74, 6) is -0.594. The summed E-state index contributed by atoms with van der Waals surface area (Å²) in [6.45, 7) is 0. The first-order chi connectivity index (χ1) is 7.54. The van der Waals surface area contributed by atoms with Crippen molar-refractivity contribution in [1.29, 1.82) is 0 Å². The molecule has 0 saturated heterocycles. The Bertz CT molecular complexity index is 389. The van der Waals surface area contributed by atoms with Crippen molar-refractivity contribution in [2.24, 2.45) is 5.73 Å². The summed E-state index contributed by atoms with van der Waals surface area (Å²) < 4.78 is 4.45. The van der Waals surface area contributed by atoms with Crippen molar-refractivity contribution in [3.8, 4) is 0 Å². The van der Waals surface area contributed by atoms with Gasteiger partial charge in [0, 0.05) is 6.42 Å². The van der Waals surface area contributed by atoms with Crippen molar-refractivity contribution in [1.82, 2.24) is 10.2 Å². The number of aromatic nitrogens is 2. The lowest BCUT2D eigenvalue weighted by atomic mass is 10.1. The van der Waals surface area contributed by atoms with Crippen LogP contribution in [0.1, 0.15) is 24.6 Å². The molecule has 0 bridgehead atoms. The molecular weight excluding hydrogens is 216 g/mol. The second-order valence-corrected chi connectivity index (χ2v) is 3.16. The lowest BCUT2D eigenvalue weighted by molar-refractivity contribution is -0.389. The fourth-order valence-corrected chi connectivity index (χ4v) is 1.13. The Kier molecular flexibility index (Phi) is 3.95. The van der Waals surface area contributed by atoms with Crippen molar-refractivity contribution in [3.63, 3.8) is 0 Å². The zero-order chi connectivity index (χ0) is 12.1. The number of H-pyrrole nitrogens is 1. The molecule has 8 heteroatoms. The van der Waals surface area contributed by atoms with E-state index in [1.807, 2.05) is 0 Å². The Morgan fingerprint density at radius 1 is 1.81 bits per heavy atom. The van der Waals surface area contributed by atoms with Crippen LogP contribution < -0.4 is 5.73 Å². The van der Waals surface area contributed by atoms with Gasteiger partial charge < -0.3 is 20.6 Å². The third kappa shape index (κ3) is 3.02. The number of nitrogens with zero attached hydrogens (tertiary/aromatic N) is 2. The van der Waals surface area contributed by atoms with Crippen LogP contribution in [0, 0.1) is 10.1 Å². The maximum atomic E-state index is 10.8. The Morgan fingerprint density at radius 2 is 2.50 bits per heavy atom. The molecule has 0 aliphatic heterocycles. The van der Waals surface area contributed by atoms with Crippen LogP contribution in [0.2, 0.25) is 0 Å². The summed E-state index contributed by atoms with van der Waals surface area (Å²) in [4.78, 5) is 20.6. The van der Waals surface area contributed by atoms with Crippen molar-refractivity contribution in [2.75, 3.05) is 7.11 Å². The van der Waals surface area contributed by atoms with E-state index in [2.05, 4.69) is 14.9 Å². The fourth-order valence-electron chi connectivity index (χ4n) is 1.13. The monoisotopic (exact) mass is 228 g/mol. The number of rotatable bonds is 5. The highest BCUT2D eigenvalue weighted by Crippen LogP contribution is 2.17. The molecule has 0 fully saturated rings. The maximum Gasteiger partial charge on any atom is 0.342 e. The molecule has 0 aliphatic carbocycles. The minimum Gasteiger partial charge on any atom is -0.469 e. The van der Waals surface area contributed by atoms with Gasteiger partial charge >= 0.3 is 11.8 Å². The third-order valence-corrected chi connectivity index (χ3v) is 2.05. The Hall–Kier alpha value is -1.96. The maximum absolute atomic E-state index is 10.8. The number of hydrogen-bond acceptors (Lipinski definition) is 6. The first-order valence-corrected chi connectivity index (χ1v) is 4.56. The van der Waals surface area contributed by atoms with Gasteiger partial charge in [-0.1, -0.05) is 5.10 Å². The first kappa shape index (κ1) is 12.1. The van der Waals surface area contributed by atoms with Gasteiger partial charge in [0.05, 0.1) is 19.2 Å². The average molecular weight is 228 g/mol. The van der Waals surface area contributed by atoms with E-state index in [-0.39, 0.29) is 18.2 Å². The summed E-state index contributed by atoms with van der Waals surface area (Å²) in [5, 5.41) is 16.3. The van der Waals surface area contributed by atoms with E-state index in [0.29, 0.717) is 12.1 Å². The van der Waals surface area contributed by atoms with E-state index in [1.165, 1.54) is 13.2 Å². The number of aromatic amines is 1. The molecule has 0 spiro atoms. The van der Waals surface area contributed by atoms with Crippen LogP contribution in [0.15, 0.2) is 6.07 Å². The highest BCUT2D eigenvalue weighted by Gasteiger charge is 2.16. The molecule has 3 N–H and O–H groups in total. The standard InChI is InChI=1S/C8H12N4O4/c1-16-8(13)3-2-5(9)6-4-7(11-10-6)12(14)15/h4-5H,2-3,9H2,1H3,(H,10,11). The van der Waals surface area contributed by atoms with E-state index >= 15 is 0 Å². The van der Waals surface area contributed by atoms with Crippen LogP contribution in [0.25, 0.3) is 0 Å². The molecule has 16 heavy (non-hydrogen) atoms. The van der Waals surface area contributed by atoms with Gasteiger partial charge in [-0.2, -0.15) is 0 Å². The van der Waals surface area contributed by atoms with Crippen LogP contribution in [0.4, 0.5) is 5.82 Å². The minimum absolute atomic E-state index is 0.151. The fraction of sp³-hybridized carbons (Fsp3) is 0.500. The molecule has 0 aliphatic rings. The number of methoxy groups -OCH3 is 1. The molecule has 1 atom stereocenters. The van der Waals surface area contributed by atoms with Gasteiger partial charge in [-0.3, -0.25) is 4.79 Å². The van der Waals surface area contributed by atoms with Crippen molar-refractivity contribution >= 4 is 11.8 Å². The van der Waals surface area contributed by atoms with E-state index in [1.54, 1.807) is 0 Å². The SMILES string of the molecule is COC(=O)CCC(N)c1cc([N+](=O)[O-])[nH]n1. The highest BCUT2D eigenvalue weighted by atomic mass is 16.6. The van der Waals surface area contributed by atoms with Crippen LogP contribution >= 0.6 is 0 Å². The normalized spacial score (nSPS) is 12.1. The molecule has 1 heterocycles. The first-order valence-electron chi connectivity index (χ1n) is 4.56. The van der Waals surface area contributed by atoms with E-state index < -0.39 is 11.0 Å². The van der Waals surface area contributed by atoms with E-state index in [0.717, 1.165) is 0 Å². The average Bonchev–Trinajstić information content (AvgIpc) is 2.74. The predicted molar refractivity (Wildman–Crippen MR) is 53.4 cm³/mol.